The molecule has 2 aliphatic carbocycles. The van der Waals surface area contributed by atoms with E-state index in [-0.39, 0.29) is 11.7 Å². The van der Waals surface area contributed by atoms with Gasteiger partial charge >= 0.3 is 0 Å². The van der Waals surface area contributed by atoms with Crippen LogP contribution in [0.4, 0.5) is 0 Å². The molecule has 5 atom stereocenters. The number of hydrogen-bond acceptors (Lipinski definition) is 2. The van der Waals surface area contributed by atoms with Gasteiger partial charge in [-0.15, -0.1) is 0 Å². The molecule has 0 N–H and O–H groups in total. The van der Waals surface area contributed by atoms with Crippen molar-refractivity contribution in [1.29, 1.82) is 0 Å². The predicted octanol–water partition coefficient (Wildman–Crippen LogP) is 3.77. The van der Waals surface area contributed by atoms with E-state index in [1.54, 1.807) is 7.11 Å². The monoisotopic (exact) mass is 250 g/mol. The molecule has 3 aliphatic rings. The minimum Gasteiger partial charge on any atom is -0.355 e. The highest BCUT2D eigenvalue weighted by Gasteiger charge is 2.61. The Hall–Kier alpha value is -0.340. The average Bonchev–Trinajstić information content (AvgIpc) is 2.81. The number of fused-ring (bicyclic) bond motifs is 1. The fourth-order valence-corrected chi connectivity index (χ4v) is 4.97. The molecule has 0 aromatic rings. The maximum absolute atomic E-state index is 5.82. The summed E-state index contributed by atoms with van der Waals surface area (Å²) < 4.78 is 11.4. The van der Waals surface area contributed by atoms with E-state index in [9.17, 15) is 0 Å². The van der Waals surface area contributed by atoms with Gasteiger partial charge in [-0.05, 0) is 42.1 Å². The van der Waals surface area contributed by atoms with E-state index < -0.39 is 0 Å². The van der Waals surface area contributed by atoms with E-state index in [4.69, 9.17) is 9.47 Å². The maximum Gasteiger partial charge on any atom is 0.166 e. The summed E-state index contributed by atoms with van der Waals surface area (Å²) in [4.78, 5) is 0. The molecule has 18 heavy (non-hydrogen) atoms. The van der Waals surface area contributed by atoms with Gasteiger partial charge in [-0.2, -0.15) is 0 Å². The smallest absolute Gasteiger partial charge is 0.166 e. The van der Waals surface area contributed by atoms with Crippen molar-refractivity contribution in [2.75, 3.05) is 13.7 Å². The molecular formula is C16H26O2. The average molecular weight is 250 g/mol. The molecule has 2 heteroatoms. The van der Waals surface area contributed by atoms with Crippen LogP contribution in [0.15, 0.2) is 12.2 Å². The molecule has 0 bridgehead atoms. The largest absolute Gasteiger partial charge is 0.355 e. The molecule has 0 amide bonds. The fourth-order valence-electron chi connectivity index (χ4n) is 4.97. The van der Waals surface area contributed by atoms with Crippen molar-refractivity contribution < 1.29 is 9.47 Å². The van der Waals surface area contributed by atoms with E-state index >= 15 is 0 Å². The number of methoxy groups -OCH3 is 1. The Morgan fingerprint density at radius 2 is 2.17 bits per heavy atom. The van der Waals surface area contributed by atoms with Crippen molar-refractivity contribution >= 4 is 0 Å². The van der Waals surface area contributed by atoms with Crippen LogP contribution >= 0.6 is 0 Å². The first-order valence-electron chi connectivity index (χ1n) is 7.35. The lowest BCUT2D eigenvalue weighted by Gasteiger charge is -2.42. The van der Waals surface area contributed by atoms with Crippen LogP contribution in [0.1, 0.15) is 46.0 Å². The van der Waals surface area contributed by atoms with E-state index in [2.05, 4.69) is 20.4 Å². The number of ether oxygens (including phenoxy) is 2. The second-order valence-corrected chi connectivity index (χ2v) is 7.05. The summed E-state index contributed by atoms with van der Waals surface area (Å²) in [6, 6.07) is 0. The molecule has 0 aromatic heterocycles. The van der Waals surface area contributed by atoms with Crippen LogP contribution in [0.5, 0.6) is 0 Å². The Bertz CT molecular complexity index is 364. The molecule has 102 valence electrons. The van der Waals surface area contributed by atoms with Crippen molar-refractivity contribution in [1.82, 2.24) is 0 Å². The SMILES string of the molecule is C=C1COC(OC)C12C[C@@H]1CCC[C@H](C)[C@]1(C)C2. The third kappa shape index (κ3) is 1.48. The Labute approximate surface area is 111 Å². The molecule has 1 aliphatic heterocycles. The van der Waals surface area contributed by atoms with Crippen molar-refractivity contribution in [2.24, 2.45) is 22.7 Å². The molecule has 2 saturated carbocycles. The van der Waals surface area contributed by atoms with Gasteiger partial charge < -0.3 is 9.47 Å². The van der Waals surface area contributed by atoms with Crippen LogP contribution in [0.3, 0.4) is 0 Å². The van der Waals surface area contributed by atoms with Crippen molar-refractivity contribution in [2.45, 2.75) is 52.2 Å². The van der Waals surface area contributed by atoms with Gasteiger partial charge in [0.25, 0.3) is 0 Å². The van der Waals surface area contributed by atoms with E-state index in [0.29, 0.717) is 12.0 Å². The van der Waals surface area contributed by atoms with Gasteiger partial charge in [0.15, 0.2) is 6.29 Å². The van der Waals surface area contributed by atoms with Gasteiger partial charge in [0, 0.05) is 12.5 Å². The van der Waals surface area contributed by atoms with Gasteiger partial charge in [-0.1, -0.05) is 33.3 Å². The lowest BCUT2D eigenvalue weighted by atomic mass is 9.63. The topological polar surface area (TPSA) is 18.5 Å². The Morgan fingerprint density at radius 1 is 1.39 bits per heavy atom. The van der Waals surface area contributed by atoms with Crippen molar-refractivity contribution in [3.63, 3.8) is 0 Å². The molecule has 0 aromatic carbocycles. The van der Waals surface area contributed by atoms with E-state index in [1.165, 1.54) is 37.7 Å². The fraction of sp³-hybridized carbons (Fsp3) is 0.875. The minimum atomic E-state index is -0.0559. The Balaban J connectivity index is 1.95. The first kappa shape index (κ1) is 12.7. The zero-order valence-corrected chi connectivity index (χ0v) is 12.0. The lowest BCUT2D eigenvalue weighted by Crippen LogP contribution is -2.35. The van der Waals surface area contributed by atoms with E-state index in [0.717, 1.165) is 11.8 Å². The van der Waals surface area contributed by atoms with Gasteiger partial charge in [-0.25, -0.2) is 0 Å². The van der Waals surface area contributed by atoms with Gasteiger partial charge in [0.1, 0.15) is 0 Å². The molecular weight excluding hydrogens is 224 g/mol. The third-order valence-electron chi connectivity index (χ3n) is 6.33. The highest BCUT2D eigenvalue weighted by Crippen LogP contribution is 2.66. The van der Waals surface area contributed by atoms with Gasteiger partial charge in [-0.3, -0.25) is 0 Å². The molecule has 1 spiro atoms. The van der Waals surface area contributed by atoms with Crippen LogP contribution in [0.25, 0.3) is 0 Å². The predicted molar refractivity (Wildman–Crippen MR) is 72.2 cm³/mol. The second kappa shape index (κ2) is 4.08. The van der Waals surface area contributed by atoms with Crippen molar-refractivity contribution in [3.05, 3.63) is 12.2 Å². The molecule has 1 saturated heterocycles. The van der Waals surface area contributed by atoms with Crippen LogP contribution in [0.2, 0.25) is 0 Å². The van der Waals surface area contributed by atoms with Crippen LogP contribution < -0.4 is 0 Å². The third-order valence-corrected chi connectivity index (χ3v) is 6.33. The lowest BCUT2D eigenvalue weighted by molar-refractivity contribution is -0.141. The standard InChI is InChI=1S/C16H26O2/c1-11-6-5-7-13-8-16(10-15(11,13)3)12(2)9-18-14(16)17-4/h11,13-14H,2,5-10H2,1,3-4H3/t11-,13-,14?,15-,16?/m0/s1. The Kier molecular flexibility index (Phi) is 2.87. The molecule has 2 unspecified atom stereocenters. The molecule has 1 heterocycles. The molecule has 0 radical (unpaired) electrons. The second-order valence-electron chi connectivity index (χ2n) is 7.05. The highest BCUT2D eigenvalue weighted by atomic mass is 16.7. The van der Waals surface area contributed by atoms with Crippen LogP contribution in [-0.2, 0) is 9.47 Å². The summed E-state index contributed by atoms with van der Waals surface area (Å²) in [5.74, 6) is 1.65. The maximum atomic E-state index is 5.82. The zero-order valence-electron chi connectivity index (χ0n) is 12.0. The zero-order chi connectivity index (χ0) is 13.0. The quantitative estimate of drug-likeness (QED) is 0.660. The summed E-state index contributed by atoms with van der Waals surface area (Å²) >= 11 is 0. The van der Waals surface area contributed by atoms with E-state index in [1.807, 2.05) is 0 Å². The number of rotatable bonds is 1. The summed E-state index contributed by atoms with van der Waals surface area (Å²) in [6.07, 6.45) is 6.54. The molecule has 2 nitrogen and oxygen atoms in total. The van der Waals surface area contributed by atoms with Gasteiger partial charge in [0.2, 0.25) is 0 Å². The van der Waals surface area contributed by atoms with Gasteiger partial charge in [0.05, 0.1) is 6.61 Å². The summed E-state index contributed by atoms with van der Waals surface area (Å²) in [6.45, 7) is 9.92. The van der Waals surface area contributed by atoms with Crippen LogP contribution in [0, 0.1) is 22.7 Å². The summed E-state index contributed by atoms with van der Waals surface area (Å²) in [5, 5.41) is 0. The van der Waals surface area contributed by atoms with Crippen LogP contribution in [-0.4, -0.2) is 20.0 Å². The summed E-state index contributed by atoms with van der Waals surface area (Å²) in [5.41, 5.74) is 1.84. The number of hydrogen-bond donors (Lipinski definition) is 0. The normalized spacial score (nSPS) is 51.9. The molecule has 3 rings (SSSR count). The summed E-state index contributed by atoms with van der Waals surface area (Å²) in [7, 11) is 1.78. The first-order valence-corrected chi connectivity index (χ1v) is 7.35. The first-order chi connectivity index (χ1) is 8.53. The Morgan fingerprint density at radius 3 is 2.83 bits per heavy atom. The highest BCUT2D eigenvalue weighted by molar-refractivity contribution is 5.23. The van der Waals surface area contributed by atoms with Crippen molar-refractivity contribution in [3.8, 4) is 0 Å². The molecule has 3 fully saturated rings. The minimum absolute atomic E-state index is 0.0559.